The minimum absolute atomic E-state index is 0.145. The summed E-state index contributed by atoms with van der Waals surface area (Å²) in [6.45, 7) is 5.87. The molecule has 0 fully saturated rings. The second-order valence-electron chi connectivity index (χ2n) is 6.32. The fourth-order valence-electron chi connectivity index (χ4n) is 3.11. The van der Waals surface area contributed by atoms with E-state index < -0.39 is 0 Å². The van der Waals surface area contributed by atoms with Gasteiger partial charge in [-0.3, -0.25) is 9.59 Å². The Hall–Kier alpha value is -2.76. The number of carbonyl (C=O) groups is 1. The fraction of sp³-hybridized carbons (Fsp3) is 0.368. The van der Waals surface area contributed by atoms with Crippen LogP contribution in [-0.4, -0.2) is 48.6 Å². The number of amides is 1. The van der Waals surface area contributed by atoms with Crippen molar-refractivity contribution in [1.82, 2.24) is 9.88 Å². The number of hydrogen-bond donors (Lipinski definition) is 1. The first kappa shape index (κ1) is 17.1. The van der Waals surface area contributed by atoms with E-state index in [-0.39, 0.29) is 23.1 Å². The van der Waals surface area contributed by atoms with Gasteiger partial charge in [-0.25, -0.2) is 0 Å². The Morgan fingerprint density at radius 1 is 1.32 bits per heavy atom. The summed E-state index contributed by atoms with van der Waals surface area (Å²) in [5, 5.41) is 0. The Bertz CT molecular complexity index is 831. The van der Waals surface area contributed by atoms with Crippen molar-refractivity contribution in [2.75, 3.05) is 31.6 Å². The van der Waals surface area contributed by atoms with Gasteiger partial charge in [0.2, 0.25) is 0 Å². The van der Waals surface area contributed by atoms with Crippen LogP contribution in [0.15, 0.2) is 41.2 Å². The van der Waals surface area contributed by atoms with E-state index in [1.54, 1.807) is 31.0 Å². The minimum atomic E-state index is -0.359. The maximum atomic E-state index is 12.6. The third-order valence-electron chi connectivity index (χ3n) is 4.42. The maximum Gasteiger partial charge on any atom is 0.260 e. The highest BCUT2D eigenvalue weighted by molar-refractivity contribution is 5.93. The van der Waals surface area contributed by atoms with Crippen molar-refractivity contribution in [3.63, 3.8) is 0 Å². The predicted octanol–water partition coefficient (Wildman–Crippen LogP) is 2.04. The first-order valence-electron chi connectivity index (χ1n) is 8.45. The van der Waals surface area contributed by atoms with Gasteiger partial charge < -0.3 is 19.5 Å². The van der Waals surface area contributed by atoms with Crippen molar-refractivity contribution in [2.24, 2.45) is 0 Å². The monoisotopic (exact) mass is 341 g/mol. The summed E-state index contributed by atoms with van der Waals surface area (Å²) in [4.78, 5) is 31.0. The van der Waals surface area contributed by atoms with E-state index in [9.17, 15) is 9.59 Å². The molecule has 0 radical (unpaired) electrons. The van der Waals surface area contributed by atoms with E-state index >= 15 is 0 Å². The second-order valence-corrected chi connectivity index (χ2v) is 6.32. The number of aryl methyl sites for hydroxylation is 1. The summed E-state index contributed by atoms with van der Waals surface area (Å²) in [5.74, 6) is 0.529. The van der Waals surface area contributed by atoms with E-state index in [1.165, 1.54) is 0 Å². The highest BCUT2D eigenvalue weighted by Gasteiger charge is 2.27. The summed E-state index contributed by atoms with van der Waals surface area (Å²) in [6, 6.07) is 11.2. The Kier molecular flexibility index (Phi) is 4.79. The van der Waals surface area contributed by atoms with Gasteiger partial charge in [-0.1, -0.05) is 12.1 Å². The Balaban J connectivity index is 1.74. The van der Waals surface area contributed by atoms with Gasteiger partial charge in [0.15, 0.2) is 0 Å². The minimum Gasteiger partial charge on any atom is -0.485 e. The molecule has 3 rings (SSSR count). The number of rotatable bonds is 4. The number of fused-ring (bicyclic) bond motifs is 1. The first-order valence-corrected chi connectivity index (χ1v) is 8.45. The molecule has 0 saturated carbocycles. The molecule has 1 aliphatic rings. The number of benzene rings is 1. The predicted molar refractivity (Wildman–Crippen MR) is 97.5 cm³/mol. The second kappa shape index (κ2) is 7.01. The number of anilines is 1. The lowest BCUT2D eigenvalue weighted by Crippen LogP contribution is -2.47. The molecule has 1 aromatic heterocycles. The average Bonchev–Trinajstić information content (AvgIpc) is 2.60. The topological polar surface area (TPSA) is 65.6 Å². The Morgan fingerprint density at radius 2 is 2.08 bits per heavy atom. The van der Waals surface area contributed by atoms with Crippen LogP contribution in [0, 0.1) is 6.92 Å². The highest BCUT2D eigenvalue weighted by Crippen LogP contribution is 2.32. The number of aromatic amines is 1. The number of nitrogens with one attached hydrogen (secondary N) is 1. The van der Waals surface area contributed by atoms with E-state index in [0.29, 0.717) is 13.1 Å². The van der Waals surface area contributed by atoms with Gasteiger partial charge in [0.25, 0.3) is 11.5 Å². The summed E-state index contributed by atoms with van der Waals surface area (Å²) in [5.41, 5.74) is 1.60. The molecular formula is C19H23N3O3. The number of para-hydroxylation sites is 2. The standard InChI is InChI=1S/C19H23N3O3/c1-4-22-12-14(25-17-8-6-5-7-16(17)22)11-21(3)19(24)15-10-9-13(2)20-18(15)23/h5-10,14H,4,11-12H2,1-3H3,(H,20,23)/t14-/m1/s1. The van der Waals surface area contributed by atoms with Crippen molar-refractivity contribution in [1.29, 1.82) is 0 Å². The fourth-order valence-corrected chi connectivity index (χ4v) is 3.11. The lowest BCUT2D eigenvalue weighted by atomic mass is 10.1. The normalized spacial score (nSPS) is 16.1. The highest BCUT2D eigenvalue weighted by atomic mass is 16.5. The molecule has 6 heteroatoms. The molecule has 132 valence electrons. The van der Waals surface area contributed by atoms with Gasteiger partial charge in [-0.15, -0.1) is 0 Å². The molecule has 0 unspecified atom stereocenters. The summed E-state index contributed by atoms with van der Waals surface area (Å²) < 4.78 is 6.05. The first-order chi connectivity index (χ1) is 12.0. The third kappa shape index (κ3) is 3.52. The van der Waals surface area contributed by atoms with Crippen LogP contribution in [0.2, 0.25) is 0 Å². The number of nitrogens with zero attached hydrogens (tertiary/aromatic N) is 2. The van der Waals surface area contributed by atoms with Crippen LogP contribution in [0.3, 0.4) is 0 Å². The number of H-pyrrole nitrogens is 1. The van der Waals surface area contributed by atoms with Crippen molar-refractivity contribution in [3.05, 3.63) is 58.0 Å². The van der Waals surface area contributed by atoms with Crippen LogP contribution >= 0.6 is 0 Å². The summed E-state index contributed by atoms with van der Waals surface area (Å²) in [7, 11) is 1.70. The number of hydrogen-bond acceptors (Lipinski definition) is 4. The largest absolute Gasteiger partial charge is 0.485 e. The van der Waals surface area contributed by atoms with E-state index in [4.69, 9.17) is 4.74 Å². The summed E-state index contributed by atoms with van der Waals surface area (Å²) >= 11 is 0. The van der Waals surface area contributed by atoms with Crippen molar-refractivity contribution < 1.29 is 9.53 Å². The van der Waals surface area contributed by atoms with Gasteiger partial charge in [-0.2, -0.15) is 0 Å². The molecular weight excluding hydrogens is 318 g/mol. The molecule has 1 aliphatic heterocycles. The summed E-state index contributed by atoms with van der Waals surface area (Å²) in [6.07, 6.45) is -0.145. The molecule has 25 heavy (non-hydrogen) atoms. The third-order valence-corrected chi connectivity index (χ3v) is 4.42. The molecule has 0 bridgehead atoms. The lowest BCUT2D eigenvalue weighted by molar-refractivity contribution is 0.0708. The number of aromatic nitrogens is 1. The van der Waals surface area contributed by atoms with Gasteiger partial charge >= 0.3 is 0 Å². The van der Waals surface area contributed by atoms with Gasteiger partial charge in [-0.05, 0) is 38.1 Å². The van der Waals surface area contributed by atoms with Crippen LogP contribution < -0.4 is 15.2 Å². The van der Waals surface area contributed by atoms with Crippen LogP contribution in [0.25, 0.3) is 0 Å². The number of ether oxygens (including phenoxy) is 1. The van der Waals surface area contributed by atoms with Crippen LogP contribution in [0.5, 0.6) is 5.75 Å². The number of pyridine rings is 1. The average molecular weight is 341 g/mol. The van der Waals surface area contributed by atoms with Crippen LogP contribution in [0.4, 0.5) is 5.69 Å². The zero-order chi connectivity index (χ0) is 18.0. The Labute approximate surface area is 147 Å². The number of likely N-dealkylation sites (N-methyl/N-ethyl adjacent to an activating group) is 2. The SMILES string of the molecule is CCN1C[C@@H](CN(C)C(=O)c2ccc(C)[nH]c2=O)Oc2ccccc21. The molecule has 1 atom stereocenters. The van der Waals surface area contributed by atoms with Crippen molar-refractivity contribution in [2.45, 2.75) is 20.0 Å². The van der Waals surface area contributed by atoms with Gasteiger partial charge in [0, 0.05) is 19.3 Å². The lowest BCUT2D eigenvalue weighted by Gasteiger charge is -2.37. The zero-order valence-corrected chi connectivity index (χ0v) is 14.8. The van der Waals surface area contributed by atoms with Crippen LogP contribution in [-0.2, 0) is 0 Å². The molecule has 0 saturated heterocycles. The van der Waals surface area contributed by atoms with Crippen LogP contribution in [0.1, 0.15) is 23.0 Å². The Morgan fingerprint density at radius 3 is 2.80 bits per heavy atom. The zero-order valence-electron chi connectivity index (χ0n) is 14.8. The molecule has 2 heterocycles. The molecule has 0 aliphatic carbocycles. The van der Waals surface area contributed by atoms with E-state index in [0.717, 1.165) is 23.7 Å². The number of carbonyl (C=O) groups excluding carboxylic acids is 1. The quantitative estimate of drug-likeness (QED) is 0.924. The molecule has 1 N–H and O–H groups in total. The van der Waals surface area contributed by atoms with Crippen molar-refractivity contribution in [3.8, 4) is 5.75 Å². The van der Waals surface area contributed by atoms with E-state index in [2.05, 4.69) is 16.8 Å². The van der Waals surface area contributed by atoms with Crippen molar-refractivity contribution >= 4 is 11.6 Å². The van der Waals surface area contributed by atoms with Gasteiger partial charge in [0.1, 0.15) is 17.4 Å². The van der Waals surface area contributed by atoms with E-state index in [1.807, 2.05) is 24.3 Å². The maximum absolute atomic E-state index is 12.6. The molecule has 2 aromatic rings. The smallest absolute Gasteiger partial charge is 0.260 e. The molecule has 0 spiro atoms. The van der Waals surface area contributed by atoms with Gasteiger partial charge in [0.05, 0.1) is 18.8 Å². The molecule has 1 aromatic carbocycles. The molecule has 1 amide bonds. The molecule has 6 nitrogen and oxygen atoms in total.